The monoisotopic (exact) mass is 399 g/mol. The van der Waals surface area contributed by atoms with Gasteiger partial charge in [-0.15, -0.1) is 0 Å². The van der Waals surface area contributed by atoms with Crippen molar-refractivity contribution in [2.24, 2.45) is 0 Å². The van der Waals surface area contributed by atoms with Crippen LogP contribution in [0.2, 0.25) is 0 Å². The Bertz CT molecular complexity index is 1160. The minimum Gasteiger partial charge on any atom is -0.338 e. The first-order valence-electron chi connectivity index (χ1n) is 8.54. The van der Waals surface area contributed by atoms with Crippen LogP contribution >= 0.6 is 0 Å². The number of para-hydroxylation sites is 2. The summed E-state index contributed by atoms with van der Waals surface area (Å²) in [6.07, 6.45) is -4.67. The molecule has 4 aromatic rings. The number of benzene rings is 3. The Morgan fingerprint density at radius 1 is 0.966 bits per heavy atom. The van der Waals surface area contributed by atoms with Crippen LogP contribution in [0.1, 0.15) is 15.9 Å². The zero-order valence-electron chi connectivity index (χ0n) is 14.7. The van der Waals surface area contributed by atoms with Crippen LogP contribution < -0.4 is 5.32 Å². The molecule has 0 saturated heterocycles. The van der Waals surface area contributed by atoms with E-state index in [-0.39, 0.29) is 0 Å². The molecule has 1 aromatic heterocycles. The molecule has 1 heterocycles. The SMILES string of the molecule is O=C(Nc1ccc(-c2nc3ccccc3[nH]2)cc1)c1cc(C(F)(F)F)ccc1F. The zero-order chi connectivity index (χ0) is 20.6. The standard InChI is InChI=1S/C21H13F4N3O/c22-16-10-7-13(21(23,24)25)11-15(16)20(29)26-14-8-5-12(6-9-14)19-27-17-3-1-2-4-18(17)28-19/h1-11H,(H,26,29)(H,27,28). The van der Waals surface area contributed by atoms with Crippen molar-refractivity contribution in [2.45, 2.75) is 6.18 Å². The van der Waals surface area contributed by atoms with Crippen molar-refractivity contribution in [1.29, 1.82) is 0 Å². The summed E-state index contributed by atoms with van der Waals surface area (Å²) in [7, 11) is 0. The maximum atomic E-state index is 13.9. The van der Waals surface area contributed by atoms with E-state index in [9.17, 15) is 22.4 Å². The second-order valence-electron chi connectivity index (χ2n) is 6.33. The first-order valence-corrected chi connectivity index (χ1v) is 8.54. The number of fused-ring (bicyclic) bond motifs is 1. The third-order valence-electron chi connectivity index (χ3n) is 4.34. The van der Waals surface area contributed by atoms with E-state index in [0.717, 1.165) is 16.6 Å². The Morgan fingerprint density at radius 2 is 1.69 bits per heavy atom. The van der Waals surface area contributed by atoms with Gasteiger partial charge < -0.3 is 10.3 Å². The number of imidazole rings is 1. The van der Waals surface area contributed by atoms with Gasteiger partial charge in [0.05, 0.1) is 22.2 Å². The number of alkyl halides is 3. The number of aromatic nitrogens is 2. The molecule has 8 heteroatoms. The molecule has 0 unspecified atom stereocenters. The van der Waals surface area contributed by atoms with E-state index in [1.54, 1.807) is 24.3 Å². The molecule has 0 aliphatic rings. The number of halogens is 4. The average Bonchev–Trinajstić information content (AvgIpc) is 3.12. The number of carbonyl (C=O) groups is 1. The Hall–Kier alpha value is -3.68. The summed E-state index contributed by atoms with van der Waals surface area (Å²) in [5, 5.41) is 2.41. The Kier molecular flexibility index (Phi) is 4.54. The van der Waals surface area contributed by atoms with Crippen molar-refractivity contribution in [3.05, 3.63) is 83.7 Å². The molecule has 0 aliphatic heterocycles. The number of aromatic amines is 1. The van der Waals surface area contributed by atoms with Crippen molar-refractivity contribution in [3.63, 3.8) is 0 Å². The molecule has 0 aliphatic carbocycles. The number of rotatable bonds is 3. The third kappa shape index (κ3) is 3.82. The number of carbonyl (C=O) groups excluding carboxylic acids is 1. The van der Waals surface area contributed by atoms with Gasteiger partial charge in [-0.1, -0.05) is 12.1 Å². The Morgan fingerprint density at radius 3 is 2.38 bits per heavy atom. The van der Waals surface area contributed by atoms with Gasteiger partial charge >= 0.3 is 6.18 Å². The number of hydrogen-bond acceptors (Lipinski definition) is 2. The first-order chi connectivity index (χ1) is 13.8. The predicted octanol–water partition coefficient (Wildman–Crippen LogP) is 5.64. The van der Waals surface area contributed by atoms with Crippen LogP contribution in [-0.2, 0) is 6.18 Å². The van der Waals surface area contributed by atoms with E-state index in [1.165, 1.54) is 0 Å². The van der Waals surface area contributed by atoms with Crippen molar-refractivity contribution in [2.75, 3.05) is 5.32 Å². The molecular weight excluding hydrogens is 386 g/mol. The third-order valence-corrected chi connectivity index (χ3v) is 4.34. The van der Waals surface area contributed by atoms with Gasteiger partial charge in [-0.25, -0.2) is 9.37 Å². The molecular formula is C21H13F4N3O. The van der Waals surface area contributed by atoms with Crippen LogP contribution in [0.4, 0.5) is 23.2 Å². The number of H-pyrrole nitrogens is 1. The molecule has 29 heavy (non-hydrogen) atoms. The minimum atomic E-state index is -4.67. The number of hydrogen-bond donors (Lipinski definition) is 2. The second kappa shape index (κ2) is 7.05. The molecule has 4 nitrogen and oxygen atoms in total. The highest BCUT2D eigenvalue weighted by atomic mass is 19.4. The molecule has 0 fully saturated rings. The van der Waals surface area contributed by atoms with E-state index in [2.05, 4.69) is 15.3 Å². The van der Waals surface area contributed by atoms with Crippen molar-refractivity contribution < 1.29 is 22.4 Å². The number of nitrogens with one attached hydrogen (secondary N) is 2. The summed E-state index contributed by atoms with van der Waals surface area (Å²) in [4.78, 5) is 19.9. The average molecular weight is 399 g/mol. The normalized spacial score (nSPS) is 11.6. The molecule has 0 radical (unpaired) electrons. The Labute approximate surface area is 162 Å². The molecule has 2 N–H and O–H groups in total. The van der Waals surface area contributed by atoms with E-state index < -0.39 is 29.0 Å². The lowest BCUT2D eigenvalue weighted by molar-refractivity contribution is -0.137. The molecule has 1 amide bonds. The predicted molar refractivity (Wildman–Crippen MR) is 101 cm³/mol. The highest BCUT2D eigenvalue weighted by Gasteiger charge is 2.32. The molecule has 4 rings (SSSR count). The first kappa shape index (κ1) is 18.7. The van der Waals surface area contributed by atoms with Gasteiger partial charge in [0, 0.05) is 11.3 Å². The molecule has 3 aromatic carbocycles. The lowest BCUT2D eigenvalue weighted by atomic mass is 10.1. The van der Waals surface area contributed by atoms with Gasteiger partial charge in [-0.3, -0.25) is 4.79 Å². The van der Waals surface area contributed by atoms with Crippen molar-refractivity contribution in [3.8, 4) is 11.4 Å². The maximum absolute atomic E-state index is 13.9. The highest BCUT2D eigenvalue weighted by Crippen LogP contribution is 2.30. The second-order valence-corrected chi connectivity index (χ2v) is 6.33. The topological polar surface area (TPSA) is 57.8 Å². The number of anilines is 1. The zero-order valence-corrected chi connectivity index (χ0v) is 14.7. The fourth-order valence-corrected chi connectivity index (χ4v) is 2.87. The molecule has 0 saturated carbocycles. The van der Waals surface area contributed by atoms with Crippen LogP contribution in [0.15, 0.2) is 66.7 Å². The summed E-state index contributed by atoms with van der Waals surface area (Å²) in [5.41, 5.74) is 0.974. The van der Waals surface area contributed by atoms with Crippen molar-refractivity contribution >= 4 is 22.6 Å². The van der Waals surface area contributed by atoms with Gasteiger partial charge in [0.2, 0.25) is 0 Å². The smallest absolute Gasteiger partial charge is 0.338 e. The lowest BCUT2D eigenvalue weighted by Crippen LogP contribution is -2.16. The van der Waals surface area contributed by atoms with Gasteiger partial charge in [-0.2, -0.15) is 13.2 Å². The summed E-state index contributed by atoms with van der Waals surface area (Å²) >= 11 is 0. The minimum absolute atomic E-state index is 0.312. The maximum Gasteiger partial charge on any atom is 0.416 e. The van der Waals surface area contributed by atoms with Crippen LogP contribution in [0.5, 0.6) is 0 Å². The molecule has 146 valence electrons. The molecule has 0 spiro atoms. The summed E-state index contributed by atoms with van der Waals surface area (Å²) in [6, 6.07) is 15.7. The molecule has 0 atom stereocenters. The Balaban J connectivity index is 1.55. The van der Waals surface area contributed by atoms with Gasteiger partial charge in [0.1, 0.15) is 11.6 Å². The summed E-state index contributed by atoms with van der Waals surface area (Å²) < 4.78 is 52.3. The number of amides is 1. The quantitative estimate of drug-likeness (QED) is 0.438. The van der Waals surface area contributed by atoms with E-state index in [4.69, 9.17) is 0 Å². The van der Waals surface area contributed by atoms with Crippen molar-refractivity contribution in [1.82, 2.24) is 9.97 Å². The largest absolute Gasteiger partial charge is 0.416 e. The van der Waals surface area contributed by atoms with Crippen LogP contribution in [0.3, 0.4) is 0 Å². The lowest BCUT2D eigenvalue weighted by Gasteiger charge is -2.10. The molecule has 0 bridgehead atoms. The van der Waals surface area contributed by atoms with E-state index >= 15 is 0 Å². The number of nitrogens with zero attached hydrogens (tertiary/aromatic N) is 1. The van der Waals surface area contributed by atoms with E-state index in [1.807, 2.05) is 24.3 Å². The summed E-state index contributed by atoms with van der Waals surface area (Å²) in [6.45, 7) is 0. The fraction of sp³-hybridized carbons (Fsp3) is 0.0476. The fourth-order valence-electron chi connectivity index (χ4n) is 2.87. The van der Waals surface area contributed by atoms with Gasteiger partial charge in [-0.05, 0) is 54.6 Å². The van der Waals surface area contributed by atoms with Crippen LogP contribution in [-0.4, -0.2) is 15.9 Å². The van der Waals surface area contributed by atoms with Gasteiger partial charge in [0.15, 0.2) is 0 Å². The highest BCUT2D eigenvalue weighted by molar-refractivity contribution is 6.04. The van der Waals surface area contributed by atoms with Crippen LogP contribution in [0, 0.1) is 5.82 Å². The summed E-state index contributed by atoms with van der Waals surface area (Å²) in [5.74, 6) is -1.37. The van der Waals surface area contributed by atoms with E-state index in [0.29, 0.717) is 29.7 Å². The van der Waals surface area contributed by atoms with Crippen LogP contribution in [0.25, 0.3) is 22.4 Å². The van der Waals surface area contributed by atoms with Gasteiger partial charge in [0.25, 0.3) is 5.91 Å².